The third-order valence-corrected chi connectivity index (χ3v) is 4.86. The van der Waals surface area contributed by atoms with Crippen molar-refractivity contribution in [3.8, 4) is 0 Å². The summed E-state index contributed by atoms with van der Waals surface area (Å²) in [5.41, 5.74) is 1.34. The van der Waals surface area contributed by atoms with Crippen LogP contribution in [0.2, 0.25) is 0 Å². The minimum atomic E-state index is -0.412. The molecule has 4 atom stereocenters. The summed E-state index contributed by atoms with van der Waals surface area (Å²) < 4.78 is 0. The van der Waals surface area contributed by atoms with Crippen molar-refractivity contribution in [1.29, 1.82) is 0 Å². The van der Waals surface area contributed by atoms with Crippen molar-refractivity contribution in [2.45, 2.75) is 55.2 Å². The van der Waals surface area contributed by atoms with Gasteiger partial charge < -0.3 is 5.11 Å². The normalized spacial score (nSPS) is 34.2. The van der Waals surface area contributed by atoms with Crippen LogP contribution in [0, 0.1) is 0 Å². The highest BCUT2D eigenvalue weighted by Gasteiger charge is 2.54. The van der Waals surface area contributed by atoms with Crippen LogP contribution in [0.5, 0.6) is 0 Å². The van der Waals surface area contributed by atoms with E-state index in [1.165, 1.54) is 37.7 Å². The van der Waals surface area contributed by atoms with Gasteiger partial charge in [-0.1, -0.05) is 65.5 Å². The second-order valence-corrected chi connectivity index (χ2v) is 6.40. The topological polar surface area (TPSA) is 23.2 Å². The van der Waals surface area contributed by atoms with Gasteiger partial charge in [-0.15, -0.1) is 0 Å². The lowest BCUT2D eigenvalue weighted by atomic mass is 9.95. The highest BCUT2D eigenvalue weighted by Crippen LogP contribution is 2.50. The van der Waals surface area contributed by atoms with Gasteiger partial charge in [-0.2, -0.15) is 0 Å². The van der Waals surface area contributed by atoms with E-state index in [1.807, 2.05) is 0 Å². The standard InChI is InChI=1S/C15H20BrNO/c16-15(18)14-13(11-7-3-1-4-8-11)17(14)12-9-5-2-6-10-12/h1,3-4,7-8,12-15,18H,2,5-6,9-10H2/t13-,14-,15+,17?/m0/s1. The average molecular weight is 310 g/mol. The number of benzene rings is 1. The molecule has 3 rings (SSSR count). The molecular formula is C15H20BrNO. The molecule has 1 heterocycles. The summed E-state index contributed by atoms with van der Waals surface area (Å²) in [4.78, 5) is 2.51. The van der Waals surface area contributed by atoms with Gasteiger partial charge in [0.15, 0.2) is 0 Å². The summed E-state index contributed by atoms with van der Waals surface area (Å²) >= 11 is 3.36. The van der Waals surface area contributed by atoms with Gasteiger partial charge in [0.05, 0.1) is 12.1 Å². The van der Waals surface area contributed by atoms with Crippen LogP contribution >= 0.6 is 15.9 Å². The van der Waals surface area contributed by atoms with Crippen molar-refractivity contribution < 1.29 is 5.11 Å². The Bertz CT molecular complexity index is 389. The molecule has 0 spiro atoms. The Balaban J connectivity index is 1.77. The number of hydrogen-bond acceptors (Lipinski definition) is 2. The first-order chi connectivity index (χ1) is 8.79. The molecule has 1 aliphatic heterocycles. The number of hydrogen-bond donors (Lipinski definition) is 1. The minimum Gasteiger partial charge on any atom is -0.380 e. The predicted molar refractivity (Wildman–Crippen MR) is 76.6 cm³/mol. The highest BCUT2D eigenvalue weighted by atomic mass is 79.9. The lowest BCUT2D eigenvalue weighted by Gasteiger charge is -2.24. The Morgan fingerprint density at radius 3 is 2.39 bits per heavy atom. The summed E-state index contributed by atoms with van der Waals surface area (Å²) in [6.45, 7) is 0. The molecule has 1 aliphatic carbocycles. The molecule has 18 heavy (non-hydrogen) atoms. The Morgan fingerprint density at radius 2 is 1.78 bits per heavy atom. The van der Waals surface area contributed by atoms with E-state index in [2.05, 4.69) is 51.2 Å². The molecule has 1 aromatic rings. The second kappa shape index (κ2) is 5.32. The Hall–Kier alpha value is -0.380. The third-order valence-electron chi connectivity index (χ3n) is 4.32. The van der Waals surface area contributed by atoms with Crippen LogP contribution in [0.3, 0.4) is 0 Å². The predicted octanol–water partition coefficient (Wildman–Crippen LogP) is 3.46. The van der Waals surface area contributed by atoms with Gasteiger partial charge >= 0.3 is 0 Å². The van der Waals surface area contributed by atoms with Crippen LogP contribution < -0.4 is 0 Å². The number of halogens is 1. The lowest BCUT2D eigenvalue weighted by Crippen LogP contribution is -2.26. The van der Waals surface area contributed by atoms with E-state index >= 15 is 0 Å². The zero-order valence-electron chi connectivity index (χ0n) is 10.5. The van der Waals surface area contributed by atoms with Crippen LogP contribution in [0.15, 0.2) is 30.3 Å². The highest BCUT2D eigenvalue weighted by molar-refractivity contribution is 9.09. The van der Waals surface area contributed by atoms with Gasteiger partial charge in [-0.25, -0.2) is 0 Å². The van der Waals surface area contributed by atoms with Crippen LogP contribution in [-0.4, -0.2) is 27.1 Å². The zero-order chi connectivity index (χ0) is 12.5. The van der Waals surface area contributed by atoms with Gasteiger partial charge in [0, 0.05) is 6.04 Å². The van der Waals surface area contributed by atoms with Gasteiger partial charge in [0.2, 0.25) is 0 Å². The number of aliphatic hydroxyl groups is 1. The maximum absolute atomic E-state index is 9.90. The molecule has 98 valence electrons. The lowest BCUT2D eigenvalue weighted by molar-refractivity contribution is 0.210. The number of nitrogens with zero attached hydrogens (tertiary/aromatic N) is 1. The summed E-state index contributed by atoms with van der Waals surface area (Å²) in [6.07, 6.45) is 6.64. The van der Waals surface area contributed by atoms with Crippen LogP contribution in [-0.2, 0) is 0 Å². The van der Waals surface area contributed by atoms with E-state index in [4.69, 9.17) is 0 Å². The monoisotopic (exact) mass is 309 g/mol. The summed E-state index contributed by atoms with van der Waals surface area (Å²) in [5.74, 6) is 0. The molecule has 2 nitrogen and oxygen atoms in total. The number of rotatable bonds is 3. The van der Waals surface area contributed by atoms with E-state index in [9.17, 15) is 5.11 Å². The van der Waals surface area contributed by atoms with Crippen molar-refractivity contribution in [1.82, 2.24) is 4.90 Å². The van der Waals surface area contributed by atoms with Gasteiger partial charge in [-0.05, 0) is 18.4 Å². The van der Waals surface area contributed by atoms with Crippen LogP contribution in [0.1, 0.15) is 43.7 Å². The van der Waals surface area contributed by atoms with Gasteiger partial charge in [0.25, 0.3) is 0 Å². The number of aliphatic hydroxyl groups excluding tert-OH is 1. The van der Waals surface area contributed by atoms with E-state index in [0.29, 0.717) is 12.1 Å². The van der Waals surface area contributed by atoms with Crippen LogP contribution in [0.25, 0.3) is 0 Å². The van der Waals surface area contributed by atoms with E-state index in [-0.39, 0.29) is 6.04 Å². The Morgan fingerprint density at radius 1 is 1.11 bits per heavy atom. The molecule has 1 aromatic carbocycles. The molecule has 1 N–H and O–H groups in total. The smallest absolute Gasteiger partial charge is 0.126 e. The van der Waals surface area contributed by atoms with E-state index in [0.717, 1.165) is 0 Å². The van der Waals surface area contributed by atoms with Crippen molar-refractivity contribution in [3.63, 3.8) is 0 Å². The summed E-state index contributed by atoms with van der Waals surface area (Å²) in [7, 11) is 0. The first-order valence-corrected chi connectivity index (χ1v) is 7.85. The fourth-order valence-electron chi connectivity index (χ4n) is 3.43. The third kappa shape index (κ3) is 2.36. The first-order valence-electron chi connectivity index (χ1n) is 6.93. The van der Waals surface area contributed by atoms with Gasteiger partial charge in [0.1, 0.15) is 5.01 Å². The second-order valence-electron chi connectivity index (χ2n) is 5.46. The molecule has 0 radical (unpaired) electrons. The first kappa shape index (κ1) is 12.6. The summed E-state index contributed by atoms with van der Waals surface area (Å²) in [6, 6.07) is 11.9. The minimum absolute atomic E-state index is 0.260. The van der Waals surface area contributed by atoms with Crippen molar-refractivity contribution in [3.05, 3.63) is 35.9 Å². The Labute approximate surface area is 117 Å². The van der Waals surface area contributed by atoms with Crippen molar-refractivity contribution >= 4 is 15.9 Å². The quantitative estimate of drug-likeness (QED) is 0.682. The molecule has 1 saturated heterocycles. The fraction of sp³-hybridized carbons (Fsp3) is 0.600. The SMILES string of the molecule is O[C@@H](Br)[C@@H]1[C@H](c2ccccc2)N1C1CCCCC1. The largest absolute Gasteiger partial charge is 0.380 e. The van der Waals surface area contributed by atoms with E-state index in [1.54, 1.807) is 0 Å². The maximum atomic E-state index is 9.90. The molecule has 1 unspecified atom stereocenters. The van der Waals surface area contributed by atoms with Crippen LogP contribution in [0.4, 0.5) is 0 Å². The maximum Gasteiger partial charge on any atom is 0.126 e. The molecule has 1 saturated carbocycles. The molecule has 2 aliphatic rings. The fourth-order valence-corrected chi connectivity index (χ4v) is 3.99. The molecule has 0 aromatic heterocycles. The molecule has 2 fully saturated rings. The Kier molecular flexibility index (Phi) is 3.73. The van der Waals surface area contributed by atoms with Gasteiger partial charge in [-0.3, -0.25) is 4.90 Å². The molecular weight excluding hydrogens is 290 g/mol. The zero-order valence-corrected chi connectivity index (χ0v) is 12.1. The van der Waals surface area contributed by atoms with E-state index < -0.39 is 5.01 Å². The summed E-state index contributed by atoms with van der Waals surface area (Å²) in [5, 5.41) is 9.49. The molecule has 0 bridgehead atoms. The number of alkyl halides is 1. The van der Waals surface area contributed by atoms with Crippen molar-refractivity contribution in [2.75, 3.05) is 0 Å². The average Bonchev–Trinajstić information content (AvgIpc) is 3.16. The molecule has 0 amide bonds. The van der Waals surface area contributed by atoms with Crippen molar-refractivity contribution in [2.24, 2.45) is 0 Å². The molecule has 3 heteroatoms.